The van der Waals surface area contributed by atoms with Gasteiger partial charge in [0.05, 0.1) is 20.6 Å². The first-order chi connectivity index (χ1) is 6.38. The van der Waals surface area contributed by atoms with E-state index in [1.165, 1.54) is 7.11 Å². The van der Waals surface area contributed by atoms with E-state index in [-0.39, 0.29) is 11.3 Å². The molecule has 13 heavy (non-hydrogen) atoms. The second-order valence-corrected chi connectivity index (χ2v) is 3.81. The monoisotopic (exact) mass is 187 g/mol. The Morgan fingerprint density at radius 2 is 2.23 bits per heavy atom. The van der Waals surface area contributed by atoms with E-state index in [1.807, 2.05) is 20.8 Å². The van der Waals surface area contributed by atoms with E-state index in [0.29, 0.717) is 11.3 Å². The highest BCUT2D eigenvalue weighted by Gasteiger charge is 2.26. The highest BCUT2D eigenvalue weighted by Crippen LogP contribution is 2.31. The highest BCUT2D eigenvalue weighted by atomic mass is 16.5. The zero-order valence-corrected chi connectivity index (χ0v) is 8.29. The van der Waals surface area contributed by atoms with Crippen LogP contribution in [0.4, 0.5) is 0 Å². The average Bonchev–Trinajstić information content (AvgIpc) is 2.45. The lowest BCUT2D eigenvalue weighted by Crippen LogP contribution is -2.12. The second-order valence-electron chi connectivity index (χ2n) is 3.81. The number of aliphatic hydroxyl groups excluding tert-OH is 1. The van der Waals surface area contributed by atoms with Crippen LogP contribution in [0.15, 0.2) is 4.52 Å². The molecule has 1 heterocycles. The first-order valence-corrected chi connectivity index (χ1v) is 4.02. The number of aromatic nitrogens is 1. The summed E-state index contributed by atoms with van der Waals surface area (Å²) in [4.78, 5) is 0. The molecule has 0 saturated carbocycles. The molecule has 1 atom stereocenters. The molecule has 0 saturated heterocycles. The number of nitrogens with zero attached hydrogens (tertiary/aromatic N) is 1. The number of ether oxygens (including phenoxy) is 1. The maximum absolute atomic E-state index is 9.26. The van der Waals surface area contributed by atoms with Gasteiger partial charge in [-0.3, -0.25) is 0 Å². The van der Waals surface area contributed by atoms with Gasteiger partial charge >= 0.3 is 0 Å². The summed E-state index contributed by atoms with van der Waals surface area (Å²) < 4.78 is 17.2. The van der Waals surface area contributed by atoms with Crippen LogP contribution in [-0.2, 0) is 12.0 Å². The molecular weight excluding hydrogens is 170 g/mol. The van der Waals surface area contributed by atoms with Crippen LogP contribution in [-0.4, -0.2) is 17.4 Å². The minimum atomic E-state index is -1.38. The van der Waals surface area contributed by atoms with Gasteiger partial charge in [0.2, 0.25) is 0 Å². The Labute approximate surface area is 78.9 Å². The molecule has 0 fully saturated rings. The number of rotatable bonds is 2. The first-order valence-electron chi connectivity index (χ1n) is 4.60. The molecule has 0 spiro atoms. The topological polar surface area (TPSA) is 55.5 Å². The molecule has 1 rings (SSSR count). The summed E-state index contributed by atoms with van der Waals surface area (Å²) >= 11 is 0. The van der Waals surface area contributed by atoms with Gasteiger partial charge in [-0.05, 0) is 5.16 Å². The Morgan fingerprint density at radius 1 is 1.62 bits per heavy atom. The fourth-order valence-electron chi connectivity index (χ4n) is 1.08. The van der Waals surface area contributed by atoms with Crippen molar-refractivity contribution in [3.63, 3.8) is 0 Å². The van der Waals surface area contributed by atoms with Crippen molar-refractivity contribution in [1.82, 2.24) is 5.16 Å². The predicted octanol–water partition coefficient (Wildman–Crippen LogP) is 1.47. The van der Waals surface area contributed by atoms with E-state index in [1.54, 1.807) is 0 Å². The minimum Gasteiger partial charge on any atom is -0.479 e. The number of aliphatic hydroxyl groups is 1. The van der Waals surface area contributed by atoms with E-state index in [9.17, 15) is 5.11 Å². The van der Waals surface area contributed by atoms with Crippen LogP contribution >= 0.6 is 0 Å². The van der Waals surface area contributed by atoms with Gasteiger partial charge in [-0.15, -0.1) is 0 Å². The predicted molar refractivity (Wildman–Crippen MR) is 47.7 cm³/mol. The van der Waals surface area contributed by atoms with E-state index in [2.05, 4.69) is 5.16 Å². The van der Waals surface area contributed by atoms with Crippen LogP contribution in [0.5, 0.6) is 5.88 Å². The molecule has 0 aromatic carbocycles. The maximum atomic E-state index is 9.26. The van der Waals surface area contributed by atoms with E-state index >= 15 is 0 Å². The second kappa shape index (κ2) is 3.38. The van der Waals surface area contributed by atoms with Crippen molar-refractivity contribution >= 4 is 0 Å². The molecule has 1 aromatic rings. The lowest BCUT2D eigenvalue weighted by molar-refractivity contribution is 0.267. The molecule has 0 aliphatic carbocycles. The fraction of sp³-hybridized carbons (Fsp3) is 0.667. The molecule has 0 radical (unpaired) electrons. The molecule has 0 aliphatic rings. The quantitative estimate of drug-likeness (QED) is 0.761. The standard InChI is InChI=1S/C9H15NO3/c1-9(2,3)7-6(5-11)8(12-4)10-13-7/h11H,5H2,1-4H3/i5T/t5-/m0/s1. The Hall–Kier alpha value is -1.03. The highest BCUT2D eigenvalue weighted by molar-refractivity contribution is 5.31. The third-order valence-electron chi connectivity index (χ3n) is 1.70. The fourth-order valence-corrected chi connectivity index (χ4v) is 1.08. The van der Waals surface area contributed by atoms with Crippen molar-refractivity contribution < 1.29 is 15.7 Å². The number of methoxy groups -OCH3 is 1. The lowest BCUT2D eigenvalue weighted by atomic mass is 9.90. The molecule has 4 nitrogen and oxygen atoms in total. The summed E-state index contributed by atoms with van der Waals surface area (Å²) in [6.07, 6.45) is 0. The summed E-state index contributed by atoms with van der Waals surface area (Å²) in [7, 11) is 1.43. The van der Waals surface area contributed by atoms with Gasteiger partial charge in [-0.1, -0.05) is 20.8 Å². The molecule has 0 amide bonds. The van der Waals surface area contributed by atoms with Gasteiger partial charge in [-0.25, -0.2) is 0 Å². The summed E-state index contributed by atoms with van der Waals surface area (Å²) in [5, 5.41) is 12.9. The largest absolute Gasteiger partial charge is 0.479 e. The third-order valence-corrected chi connectivity index (χ3v) is 1.70. The van der Waals surface area contributed by atoms with Crippen molar-refractivity contribution in [2.24, 2.45) is 0 Å². The zero-order chi connectivity index (χ0) is 10.9. The molecule has 1 N–H and O–H groups in total. The molecular formula is C9H15NO3. The third kappa shape index (κ3) is 1.83. The van der Waals surface area contributed by atoms with Gasteiger partial charge in [0.1, 0.15) is 0 Å². The van der Waals surface area contributed by atoms with E-state index < -0.39 is 6.58 Å². The van der Waals surface area contributed by atoms with Crippen LogP contribution in [0.3, 0.4) is 0 Å². The molecule has 1 aromatic heterocycles. The Bertz CT molecular complexity index is 314. The maximum Gasteiger partial charge on any atom is 0.259 e. The molecule has 0 aliphatic heterocycles. The van der Waals surface area contributed by atoms with Crippen LogP contribution in [0.1, 0.15) is 33.5 Å². The summed E-state index contributed by atoms with van der Waals surface area (Å²) in [5.41, 5.74) is 0.00113. The van der Waals surface area contributed by atoms with Crippen molar-refractivity contribution in [3.8, 4) is 5.88 Å². The Kier molecular flexibility index (Phi) is 2.22. The smallest absolute Gasteiger partial charge is 0.259 e. The Morgan fingerprint density at radius 3 is 2.62 bits per heavy atom. The van der Waals surface area contributed by atoms with Crippen molar-refractivity contribution in [1.29, 1.82) is 0 Å². The van der Waals surface area contributed by atoms with Crippen LogP contribution in [0.25, 0.3) is 0 Å². The zero-order valence-electron chi connectivity index (χ0n) is 9.29. The van der Waals surface area contributed by atoms with Gasteiger partial charge in [0.15, 0.2) is 5.76 Å². The van der Waals surface area contributed by atoms with Gasteiger partial charge in [0.25, 0.3) is 5.88 Å². The first kappa shape index (κ1) is 8.56. The molecule has 0 unspecified atom stereocenters. The normalized spacial score (nSPS) is 15.3. The summed E-state index contributed by atoms with van der Waals surface area (Å²) in [6, 6.07) is 0. The van der Waals surface area contributed by atoms with Gasteiger partial charge < -0.3 is 14.4 Å². The number of hydrogen-bond donors (Lipinski definition) is 1. The molecule has 4 heteroatoms. The SMILES string of the molecule is [3H][C@H](O)c1c(OC)noc1C(C)(C)C. The van der Waals surface area contributed by atoms with Crippen molar-refractivity contribution in [2.45, 2.75) is 32.8 Å². The van der Waals surface area contributed by atoms with Crippen molar-refractivity contribution in [2.75, 3.05) is 7.11 Å². The number of hydrogen-bond acceptors (Lipinski definition) is 4. The lowest BCUT2D eigenvalue weighted by Gasteiger charge is -2.14. The van der Waals surface area contributed by atoms with Gasteiger partial charge in [0, 0.05) is 5.41 Å². The Balaban J connectivity index is 3.25. The minimum absolute atomic E-state index is 0.178. The van der Waals surface area contributed by atoms with Crippen LogP contribution in [0, 0.1) is 0 Å². The van der Waals surface area contributed by atoms with E-state index in [0.717, 1.165) is 0 Å². The van der Waals surface area contributed by atoms with E-state index in [4.69, 9.17) is 10.6 Å². The van der Waals surface area contributed by atoms with Crippen molar-refractivity contribution in [3.05, 3.63) is 11.3 Å². The summed E-state index contributed by atoms with van der Waals surface area (Å²) in [5.74, 6) is 0.661. The van der Waals surface area contributed by atoms with Crippen LogP contribution in [0.2, 0.25) is 0 Å². The average molecular weight is 187 g/mol. The molecule has 0 bridgehead atoms. The van der Waals surface area contributed by atoms with Crippen LogP contribution < -0.4 is 4.74 Å². The molecule has 74 valence electrons. The summed E-state index contributed by atoms with van der Waals surface area (Å²) in [6.45, 7) is 4.36. The van der Waals surface area contributed by atoms with Gasteiger partial charge in [-0.2, -0.15) is 0 Å².